The first-order valence-corrected chi connectivity index (χ1v) is 6.37. The maximum absolute atomic E-state index is 13.3. The Labute approximate surface area is 109 Å². The van der Waals surface area contributed by atoms with E-state index in [9.17, 15) is 9.18 Å². The third kappa shape index (κ3) is 2.72. The van der Waals surface area contributed by atoms with Crippen LogP contribution in [0.2, 0.25) is 5.02 Å². The monoisotopic (exact) mass is 275 g/mol. The summed E-state index contributed by atoms with van der Waals surface area (Å²) in [6.07, 6.45) is 1.96. The number of rotatable bonds is 4. The summed E-state index contributed by atoms with van der Waals surface area (Å²) in [5.74, 6) is -0.438. The highest BCUT2D eigenvalue weighted by atomic mass is 35.5. The lowest BCUT2D eigenvalue weighted by Crippen LogP contribution is -2.35. The molecule has 92 valence electrons. The van der Waals surface area contributed by atoms with Gasteiger partial charge < -0.3 is 4.90 Å². The van der Waals surface area contributed by atoms with Gasteiger partial charge in [-0.15, -0.1) is 11.6 Å². The molecule has 5 heteroatoms. The van der Waals surface area contributed by atoms with Crippen LogP contribution in [-0.4, -0.2) is 29.3 Å². The van der Waals surface area contributed by atoms with E-state index >= 15 is 0 Å². The first-order chi connectivity index (χ1) is 8.15. The van der Waals surface area contributed by atoms with Crippen LogP contribution < -0.4 is 0 Å². The molecule has 0 aromatic heterocycles. The average molecular weight is 276 g/mol. The van der Waals surface area contributed by atoms with Gasteiger partial charge in [-0.25, -0.2) is 4.39 Å². The molecule has 0 radical (unpaired) electrons. The van der Waals surface area contributed by atoms with E-state index in [0.29, 0.717) is 12.4 Å². The van der Waals surface area contributed by atoms with Crippen LogP contribution in [-0.2, 0) is 0 Å². The van der Waals surface area contributed by atoms with E-state index < -0.39 is 5.82 Å². The Balaban J connectivity index is 2.25. The van der Waals surface area contributed by atoms with Crippen molar-refractivity contribution in [2.45, 2.75) is 18.9 Å². The van der Waals surface area contributed by atoms with Crippen molar-refractivity contribution in [3.63, 3.8) is 0 Å². The molecule has 0 N–H and O–H groups in total. The van der Waals surface area contributed by atoms with Gasteiger partial charge in [0.15, 0.2) is 0 Å². The molecule has 1 aromatic carbocycles. The number of carbonyl (C=O) groups excluding carboxylic acids is 1. The molecule has 0 spiro atoms. The number of nitrogens with zero attached hydrogens (tertiary/aromatic N) is 1. The summed E-state index contributed by atoms with van der Waals surface area (Å²) in [6, 6.07) is 4.50. The van der Waals surface area contributed by atoms with Crippen LogP contribution in [0.3, 0.4) is 0 Å². The first kappa shape index (κ1) is 12.7. The molecular formula is C12H12Cl2FNO. The molecule has 0 atom stereocenters. The number of alkyl halides is 1. The van der Waals surface area contributed by atoms with Crippen LogP contribution in [0.15, 0.2) is 18.2 Å². The van der Waals surface area contributed by atoms with Gasteiger partial charge in [0.2, 0.25) is 0 Å². The third-order valence-corrected chi connectivity index (χ3v) is 3.31. The summed E-state index contributed by atoms with van der Waals surface area (Å²) < 4.78 is 13.3. The summed E-state index contributed by atoms with van der Waals surface area (Å²) in [7, 11) is 0. The smallest absolute Gasteiger partial charge is 0.255 e. The van der Waals surface area contributed by atoms with Gasteiger partial charge in [0, 0.05) is 18.5 Å². The zero-order valence-electron chi connectivity index (χ0n) is 9.13. The molecular weight excluding hydrogens is 264 g/mol. The summed E-state index contributed by atoms with van der Waals surface area (Å²) in [4.78, 5) is 13.9. The van der Waals surface area contributed by atoms with Gasteiger partial charge in [-0.05, 0) is 25.0 Å². The Morgan fingerprint density at radius 1 is 1.47 bits per heavy atom. The van der Waals surface area contributed by atoms with Crippen LogP contribution in [0, 0.1) is 5.82 Å². The van der Waals surface area contributed by atoms with Gasteiger partial charge in [-0.2, -0.15) is 0 Å². The van der Waals surface area contributed by atoms with E-state index in [2.05, 4.69) is 0 Å². The van der Waals surface area contributed by atoms with Crippen LogP contribution in [0.4, 0.5) is 4.39 Å². The zero-order chi connectivity index (χ0) is 12.4. The van der Waals surface area contributed by atoms with Gasteiger partial charge in [-0.1, -0.05) is 17.7 Å². The second kappa shape index (κ2) is 5.23. The molecule has 0 aliphatic heterocycles. The van der Waals surface area contributed by atoms with Crippen LogP contribution in [0.1, 0.15) is 23.2 Å². The molecule has 1 aliphatic carbocycles. The number of hydrogen-bond donors (Lipinski definition) is 0. The molecule has 0 heterocycles. The van der Waals surface area contributed by atoms with Crippen molar-refractivity contribution in [1.29, 1.82) is 0 Å². The Morgan fingerprint density at radius 3 is 2.76 bits per heavy atom. The van der Waals surface area contributed by atoms with Crippen molar-refractivity contribution < 1.29 is 9.18 Å². The number of amides is 1. The predicted molar refractivity (Wildman–Crippen MR) is 66.2 cm³/mol. The zero-order valence-corrected chi connectivity index (χ0v) is 10.6. The third-order valence-electron chi connectivity index (χ3n) is 2.76. The predicted octanol–water partition coefficient (Wildman–Crippen LogP) is 3.32. The number of hydrogen-bond acceptors (Lipinski definition) is 1. The summed E-state index contributed by atoms with van der Waals surface area (Å²) in [6.45, 7) is 0.470. The van der Waals surface area contributed by atoms with E-state index in [1.807, 2.05) is 0 Å². The lowest BCUT2D eigenvalue weighted by atomic mass is 10.2. The average Bonchev–Trinajstić information content (AvgIpc) is 3.13. The van der Waals surface area contributed by atoms with Gasteiger partial charge in [0.05, 0.1) is 10.6 Å². The highest BCUT2D eigenvalue weighted by molar-refractivity contribution is 6.34. The molecule has 0 unspecified atom stereocenters. The van der Waals surface area contributed by atoms with Crippen molar-refractivity contribution in [3.8, 4) is 0 Å². The highest BCUT2D eigenvalue weighted by Gasteiger charge is 2.33. The van der Waals surface area contributed by atoms with E-state index in [-0.39, 0.29) is 22.5 Å². The van der Waals surface area contributed by atoms with Crippen molar-refractivity contribution >= 4 is 29.1 Å². The second-order valence-corrected chi connectivity index (χ2v) is 4.78. The molecule has 2 rings (SSSR count). The standard InChI is InChI=1S/C12H12Cl2FNO/c13-6-7-16(8-4-5-8)12(17)9-2-1-3-10(15)11(9)14/h1-3,8H,4-7H2. The minimum atomic E-state index is -0.570. The van der Waals surface area contributed by atoms with Crippen molar-refractivity contribution in [1.82, 2.24) is 4.90 Å². The van der Waals surface area contributed by atoms with E-state index in [0.717, 1.165) is 12.8 Å². The molecule has 1 fully saturated rings. The summed E-state index contributed by atoms with van der Waals surface area (Å²) >= 11 is 11.5. The van der Waals surface area contributed by atoms with Gasteiger partial charge in [0.25, 0.3) is 5.91 Å². The molecule has 1 saturated carbocycles. The SMILES string of the molecule is O=C(c1cccc(F)c1Cl)N(CCCl)C1CC1. The summed E-state index contributed by atoms with van der Waals surface area (Å²) in [5, 5.41) is -0.113. The molecule has 1 aliphatic rings. The van der Waals surface area contributed by atoms with Gasteiger partial charge in [0.1, 0.15) is 5.82 Å². The fourth-order valence-electron chi connectivity index (χ4n) is 1.75. The van der Waals surface area contributed by atoms with Crippen molar-refractivity contribution in [2.75, 3.05) is 12.4 Å². The lowest BCUT2D eigenvalue weighted by Gasteiger charge is -2.21. The molecule has 0 saturated heterocycles. The largest absolute Gasteiger partial charge is 0.334 e. The molecule has 17 heavy (non-hydrogen) atoms. The van der Waals surface area contributed by atoms with E-state index in [4.69, 9.17) is 23.2 Å². The Hall–Kier alpha value is -0.800. The minimum absolute atomic E-state index is 0.113. The van der Waals surface area contributed by atoms with Gasteiger partial charge in [-0.3, -0.25) is 4.79 Å². The highest BCUT2D eigenvalue weighted by Crippen LogP contribution is 2.30. The van der Waals surface area contributed by atoms with Crippen LogP contribution in [0.5, 0.6) is 0 Å². The normalized spacial score (nSPS) is 14.8. The van der Waals surface area contributed by atoms with E-state index in [1.54, 1.807) is 4.90 Å². The fraction of sp³-hybridized carbons (Fsp3) is 0.417. The molecule has 2 nitrogen and oxygen atoms in total. The van der Waals surface area contributed by atoms with E-state index in [1.165, 1.54) is 18.2 Å². The summed E-state index contributed by atoms with van der Waals surface area (Å²) in [5.41, 5.74) is 0.212. The number of carbonyl (C=O) groups is 1. The first-order valence-electron chi connectivity index (χ1n) is 5.46. The molecule has 0 bridgehead atoms. The maximum Gasteiger partial charge on any atom is 0.255 e. The van der Waals surface area contributed by atoms with Crippen molar-refractivity contribution in [2.24, 2.45) is 0 Å². The Bertz CT molecular complexity index is 435. The fourth-order valence-corrected chi connectivity index (χ4v) is 2.14. The quantitative estimate of drug-likeness (QED) is 0.772. The maximum atomic E-state index is 13.3. The molecule has 1 amide bonds. The Morgan fingerprint density at radius 2 is 2.18 bits per heavy atom. The minimum Gasteiger partial charge on any atom is -0.334 e. The van der Waals surface area contributed by atoms with Crippen LogP contribution in [0.25, 0.3) is 0 Å². The number of halogens is 3. The second-order valence-electron chi connectivity index (χ2n) is 4.02. The van der Waals surface area contributed by atoms with Gasteiger partial charge >= 0.3 is 0 Å². The number of benzene rings is 1. The lowest BCUT2D eigenvalue weighted by molar-refractivity contribution is 0.0753. The van der Waals surface area contributed by atoms with Crippen molar-refractivity contribution in [3.05, 3.63) is 34.6 Å². The Kier molecular flexibility index (Phi) is 3.89. The topological polar surface area (TPSA) is 20.3 Å². The molecule has 1 aromatic rings. The van der Waals surface area contributed by atoms with Crippen LogP contribution >= 0.6 is 23.2 Å².